The Morgan fingerprint density at radius 2 is 0.864 bits per heavy atom. The first-order valence-corrected chi connectivity index (χ1v) is 18.1. The van der Waals surface area contributed by atoms with Gasteiger partial charge in [-0.05, 0) is 51.4 Å². The predicted octanol–water partition coefficient (Wildman–Crippen LogP) is 9.84. The lowest BCUT2D eigenvalue weighted by Crippen LogP contribution is -2.57. The molecule has 5 heteroatoms. The molecule has 0 aromatic heterocycles. The maximum Gasteiger partial charge on any atom is 0.209 e. The van der Waals surface area contributed by atoms with E-state index in [0.717, 1.165) is 38.5 Å². The molecule has 0 saturated heterocycles. The first kappa shape index (κ1) is 42.2. The third-order valence-corrected chi connectivity index (χ3v) is 8.24. The van der Waals surface area contributed by atoms with Crippen LogP contribution in [0.3, 0.4) is 0 Å². The molecule has 44 heavy (non-hydrogen) atoms. The molecule has 2 atom stereocenters. The van der Waals surface area contributed by atoms with Gasteiger partial charge < -0.3 is 15.3 Å². The van der Waals surface area contributed by atoms with E-state index in [1.165, 1.54) is 83.5 Å². The molecule has 0 spiro atoms. The maximum absolute atomic E-state index is 12.8. The van der Waals surface area contributed by atoms with Crippen molar-refractivity contribution in [3.63, 3.8) is 0 Å². The van der Waals surface area contributed by atoms with Crippen LogP contribution in [0.15, 0.2) is 48.6 Å². The van der Waals surface area contributed by atoms with Gasteiger partial charge in [0.05, 0.1) is 6.61 Å². The zero-order valence-corrected chi connectivity index (χ0v) is 28.5. The molecule has 0 heterocycles. The van der Waals surface area contributed by atoms with E-state index in [2.05, 4.69) is 50.3 Å². The zero-order valence-electron chi connectivity index (χ0n) is 28.5. The van der Waals surface area contributed by atoms with Gasteiger partial charge in [-0.3, -0.25) is 9.59 Å². The molecular weight excluding hydrogens is 548 g/mol. The molecule has 2 unspecified atom stereocenters. The summed E-state index contributed by atoms with van der Waals surface area (Å²) in [4.78, 5) is 25.6. The average Bonchev–Trinajstić information content (AvgIpc) is 3.03. The van der Waals surface area contributed by atoms with E-state index in [0.29, 0.717) is 19.3 Å². The number of aliphatic hydroxyl groups is 3. The van der Waals surface area contributed by atoms with E-state index < -0.39 is 29.9 Å². The lowest BCUT2D eigenvalue weighted by atomic mass is 9.83. The molecular formula is C39H68O5. The summed E-state index contributed by atoms with van der Waals surface area (Å²) in [6.07, 6.45) is 39.5. The lowest BCUT2D eigenvalue weighted by molar-refractivity contribution is -0.166. The maximum atomic E-state index is 12.8. The highest BCUT2D eigenvalue weighted by molar-refractivity contribution is 6.10. The summed E-state index contributed by atoms with van der Waals surface area (Å²) in [7, 11) is 0. The summed E-state index contributed by atoms with van der Waals surface area (Å²) >= 11 is 0. The van der Waals surface area contributed by atoms with E-state index in [-0.39, 0.29) is 12.8 Å². The number of carbonyl (C=O) groups excluding carboxylic acids is 2. The number of unbranched alkanes of at least 4 members (excludes halogenated alkanes) is 16. The minimum Gasteiger partial charge on any atom is -0.394 e. The highest BCUT2D eigenvalue weighted by Crippen LogP contribution is 2.22. The number of ketones is 2. The van der Waals surface area contributed by atoms with E-state index >= 15 is 0 Å². The Morgan fingerprint density at radius 3 is 1.30 bits per heavy atom. The standard InChI is InChI=1S/C39H68O5/c1-3-5-7-9-11-13-15-17-18-19-20-22-24-26-28-30-32-34-37(42)39(44,38(43)35-40)36(41)33-31-29-27-25-23-21-16-14-12-10-8-6-4-2/h11,13,17-18,20,22,26,28,38,40,43-44H,3-10,12,14-16,19,21,23-25,27,29-35H2,1-2H3/b13-11-,18-17-,22-20-,28-26-. The number of aliphatic hydroxyl groups excluding tert-OH is 2. The van der Waals surface area contributed by atoms with Gasteiger partial charge in [0.1, 0.15) is 6.10 Å². The van der Waals surface area contributed by atoms with Gasteiger partial charge in [0.2, 0.25) is 5.60 Å². The number of hydrogen-bond acceptors (Lipinski definition) is 5. The van der Waals surface area contributed by atoms with Crippen molar-refractivity contribution in [2.24, 2.45) is 0 Å². The molecule has 254 valence electrons. The SMILES string of the molecule is CCCCC/C=C\C/C=C\C/C=C\C/C=C\CCCC(=O)C(O)(C(=O)CCCCCCCCCCCCCCC)C(O)CO. The molecule has 0 fully saturated rings. The van der Waals surface area contributed by atoms with Crippen LogP contribution >= 0.6 is 0 Å². The van der Waals surface area contributed by atoms with Crippen LogP contribution in [0.2, 0.25) is 0 Å². The van der Waals surface area contributed by atoms with Gasteiger partial charge in [-0.2, -0.15) is 0 Å². The molecule has 0 radical (unpaired) electrons. The Kier molecular flexibility index (Phi) is 29.9. The van der Waals surface area contributed by atoms with Crippen molar-refractivity contribution in [1.29, 1.82) is 0 Å². The van der Waals surface area contributed by atoms with Crippen molar-refractivity contribution >= 4 is 11.6 Å². The predicted molar refractivity (Wildman–Crippen MR) is 187 cm³/mol. The minimum absolute atomic E-state index is 0.0179. The second-order valence-corrected chi connectivity index (χ2v) is 12.3. The van der Waals surface area contributed by atoms with E-state index in [1.54, 1.807) is 0 Å². The Balaban J connectivity index is 4.15. The normalized spacial score (nSPS) is 14.4. The Hall–Kier alpha value is -1.82. The van der Waals surface area contributed by atoms with Crippen LogP contribution in [-0.4, -0.2) is 45.2 Å². The van der Waals surface area contributed by atoms with Crippen molar-refractivity contribution in [1.82, 2.24) is 0 Å². The van der Waals surface area contributed by atoms with Crippen LogP contribution in [0.5, 0.6) is 0 Å². The van der Waals surface area contributed by atoms with Crippen LogP contribution in [-0.2, 0) is 9.59 Å². The van der Waals surface area contributed by atoms with Gasteiger partial charge in [0.25, 0.3) is 0 Å². The number of carbonyl (C=O) groups is 2. The van der Waals surface area contributed by atoms with E-state index in [4.69, 9.17) is 0 Å². The molecule has 0 bridgehead atoms. The molecule has 0 aromatic rings. The van der Waals surface area contributed by atoms with Gasteiger partial charge >= 0.3 is 0 Å². The van der Waals surface area contributed by atoms with Crippen molar-refractivity contribution in [3.05, 3.63) is 48.6 Å². The van der Waals surface area contributed by atoms with Crippen molar-refractivity contribution < 1.29 is 24.9 Å². The first-order chi connectivity index (χ1) is 21.4. The molecule has 0 saturated carbocycles. The van der Waals surface area contributed by atoms with E-state index in [1.807, 2.05) is 12.2 Å². The lowest BCUT2D eigenvalue weighted by Gasteiger charge is -2.29. The van der Waals surface area contributed by atoms with E-state index in [9.17, 15) is 24.9 Å². The van der Waals surface area contributed by atoms with Crippen LogP contribution < -0.4 is 0 Å². The molecule has 0 aliphatic carbocycles. The third-order valence-electron chi connectivity index (χ3n) is 8.24. The van der Waals surface area contributed by atoms with Gasteiger partial charge in [0, 0.05) is 12.8 Å². The molecule has 0 aliphatic heterocycles. The Labute approximate surface area is 271 Å². The third kappa shape index (κ3) is 22.7. The summed E-state index contributed by atoms with van der Waals surface area (Å²) in [5, 5.41) is 30.5. The highest BCUT2D eigenvalue weighted by atomic mass is 16.4. The van der Waals surface area contributed by atoms with Crippen LogP contribution in [0.25, 0.3) is 0 Å². The smallest absolute Gasteiger partial charge is 0.209 e. The minimum atomic E-state index is -2.52. The fraction of sp³-hybridized carbons (Fsp3) is 0.744. The van der Waals surface area contributed by atoms with Gasteiger partial charge in [-0.1, -0.05) is 152 Å². The number of rotatable bonds is 32. The summed E-state index contributed by atoms with van der Waals surface area (Å²) < 4.78 is 0. The second-order valence-electron chi connectivity index (χ2n) is 12.3. The molecule has 0 rings (SSSR count). The summed E-state index contributed by atoms with van der Waals surface area (Å²) in [6.45, 7) is 3.63. The summed E-state index contributed by atoms with van der Waals surface area (Å²) in [5.41, 5.74) is -2.52. The van der Waals surface area contributed by atoms with Crippen molar-refractivity contribution in [2.45, 2.75) is 180 Å². The Morgan fingerprint density at radius 1 is 0.523 bits per heavy atom. The molecule has 0 amide bonds. The zero-order chi connectivity index (χ0) is 32.6. The van der Waals surface area contributed by atoms with Gasteiger partial charge in [-0.15, -0.1) is 0 Å². The summed E-state index contributed by atoms with van der Waals surface area (Å²) in [6, 6.07) is 0. The number of hydrogen-bond donors (Lipinski definition) is 3. The topological polar surface area (TPSA) is 94.8 Å². The quantitative estimate of drug-likeness (QED) is 0.0397. The molecule has 3 N–H and O–H groups in total. The number of allylic oxidation sites excluding steroid dienone is 8. The highest BCUT2D eigenvalue weighted by Gasteiger charge is 2.48. The largest absolute Gasteiger partial charge is 0.394 e. The first-order valence-electron chi connectivity index (χ1n) is 18.1. The van der Waals surface area contributed by atoms with Crippen LogP contribution in [0.1, 0.15) is 168 Å². The number of Topliss-reactive ketones (excluding diaryl/α,β-unsaturated/α-hetero) is 2. The van der Waals surface area contributed by atoms with Crippen LogP contribution in [0.4, 0.5) is 0 Å². The fourth-order valence-corrected chi connectivity index (χ4v) is 5.29. The van der Waals surface area contributed by atoms with Gasteiger partial charge in [-0.25, -0.2) is 0 Å². The fourth-order valence-electron chi connectivity index (χ4n) is 5.29. The molecule has 0 aromatic carbocycles. The monoisotopic (exact) mass is 617 g/mol. The molecule has 0 aliphatic rings. The average molecular weight is 617 g/mol. The second kappa shape index (κ2) is 31.2. The Bertz CT molecular complexity index is 796. The van der Waals surface area contributed by atoms with Crippen LogP contribution in [0, 0.1) is 0 Å². The molecule has 5 nitrogen and oxygen atoms in total. The van der Waals surface area contributed by atoms with Crippen molar-refractivity contribution in [2.75, 3.05) is 6.61 Å². The van der Waals surface area contributed by atoms with Gasteiger partial charge in [0.15, 0.2) is 11.6 Å². The van der Waals surface area contributed by atoms with Crippen molar-refractivity contribution in [3.8, 4) is 0 Å². The summed E-state index contributed by atoms with van der Waals surface area (Å²) in [5.74, 6) is -1.38.